The second-order valence-corrected chi connectivity index (χ2v) is 3.04. The molecule has 3 heteroatoms. The zero-order valence-corrected chi connectivity index (χ0v) is 9.14. The van der Waals surface area contributed by atoms with Gasteiger partial charge in [0, 0.05) is 10.4 Å². The van der Waals surface area contributed by atoms with Crippen LogP contribution in [0.2, 0.25) is 5.02 Å². The number of halogens is 1. The van der Waals surface area contributed by atoms with Gasteiger partial charge < -0.3 is 10.2 Å². The Morgan fingerprint density at radius 3 is 2.64 bits per heavy atom. The summed E-state index contributed by atoms with van der Waals surface area (Å²) < 4.78 is 5.39. The molecule has 0 spiro atoms. The number of hydrogen-bond donors (Lipinski definition) is 1. The van der Waals surface area contributed by atoms with Crippen molar-refractivity contribution in [3.05, 3.63) is 35.0 Å². The average Bonchev–Trinajstić information content (AvgIpc) is 2.62. The van der Waals surface area contributed by atoms with Crippen molar-refractivity contribution in [3.8, 4) is 0 Å². The molecule has 2 aromatic rings. The van der Waals surface area contributed by atoms with Crippen LogP contribution in [0.4, 0.5) is 0 Å². The summed E-state index contributed by atoms with van der Waals surface area (Å²) in [5.41, 5.74) is 6.26. The number of nitrogens with two attached hydrogens (primary N) is 1. The molecule has 76 valence electrons. The quantitative estimate of drug-likeness (QED) is 0.783. The molecule has 0 saturated carbocycles. The highest BCUT2D eigenvalue weighted by Crippen LogP contribution is 2.22. The third-order valence-electron chi connectivity index (χ3n) is 1.73. The average molecular weight is 212 g/mol. The largest absolute Gasteiger partial charge is 0.460 e. The van der Waals surface area contributed by atoms with Crippen LogP contribution in [-0.4, -0.2) is 0 Å². The van der Waals surface area contributed by atoms with E-state index in [1.807, 2.05) is 32.0 Å². The van der Waals surface area contributed by atoms with Gasteiger partial charge in [-0.2, -0.15) is 0 Å². The summed E-state index contributed by atoms with van der Waals surface area (Å²) >= 11 is 5.80. The fraction of sp³-hybridized carbons (Fsp3) is 0.273. The predicted octanol–water partition coefficient (Wildman–Crippen LogP) is 3.57. The molecule has 2 N–H and O–H groups in total. The van der Waals surface area contributed by atoms with Crippen LogP contribution in [-0.2, 0) is 6.54 Å². The van der Waals surface area contributed by atoms with E-state index in [1.165, 1.54) is 0 Å². The molecule has 1 aromatic heterocycles. The Bertz CT molecular complexity index is 409. The Morgan fingerprint density at radius 1 is 1.29 bits per heavy atom. The Labute approximate surface area is 88.7 Å². The Morgan fingerprint density at radius 2 is 2.00 bits per heavy atom. The van der Waals surface area contributed by atoms with Gasteiger partial charge in [0.15, 0.2) is 0 Å². The Kier molecular flexibility index (Phi) is 3.98. The summed E-state index contributed by atoms with van der Waals surface area (Å²) in [6, 6.07) is 7.41. The zero-order chi connectivity index (χ0) is 10.6. The lowest BCUT2D eigenvalue weighted by atomic mass is 10.2. The molecule has 0 aliphatic heterocycles. The highest BCUT2D eigenvalue weighted by Gasteiger charge is 2.01. The molecular formula is C11H14ClNO. The van der Waals surface area contributed by atoms with Crippen LogP contribution in [0.1, 0.15) is 19.6 Å². The standard InChI is InChI=1S/C9H8ClNO.C2H6/c10-7-1-2-9-6(3-7)4-8(5-11)12-9;1-2/h1-4H,5,11H2;1-2H3. The maximum Gasteiger partial charge on any atom is 0.134 e. The van der Waals surface area contributed by atoms with Gasteiger partial charge in [0.2, 0.25) is 0 Å². The van der Waals surface area contributed by atoms with E-state index in [0.29, 0.717) is 11.6 Å². The maximum atomic E-state index is 5.80. The number of fused-ring (bicyclic) bond motifs is 1. The minimum Gasteiger partial charge on any atom is -0.460 e. The van der Waals surface area contributed by atoms with E-state index >= 15 is 0 Å². The van der Waals surface area contributed by atoms with Gasteiger partial charge in [0.25, 0.3) is 0 Å². The molecule has 0 fully saturated rings. The van der Waals surface area contributed by atoms with E-state index in [0.717, 1.165) is 16.7 Å². The molecule has 0 aliphatic rings. The van der Waals surface area contributed by atoms with Crippen molar-refractivity contribution in [1.82, 2.24) is 0 Å². The van der Waals surface area contributed by atoms with E-state index in [9.17, 15) is 0 Å². The molecule has 0 amide bonds. The fourth-order valence-electron chi connectivity index (χ4n) is 1.17. The molecule has 0 aliphatic carbocycles. The van der Waals surface area contributed by atoms with Crippen LogP contribution < -0.4 is 5.73 Å². The predicted molar refractivity (Wildman–Crippen MR) is 60.5 cm³/mol. The fourth-order valence-corrected chi connectivity index (χ4v) is 1.35. The molecule has 0 unspecified atom stereocenters. The highest BCUT2D eigenvalue weighted by atomic mass is 35.5. The molecule has 0 bridgehead atoms. The highest BCUT2D eigenvalue weighted by molar-refractivity contribution is 6.31. The van der Waals surface area contributed by atoms with Gasteiger partial charge in [-0.3, -0.25) is 0 Å². The van der Waals surface area contributed by atoms with Crippen molar-refractivity contribution in [1.29, 1.82) is 0 Å². The van der Waals surface area contributed by atoms with Crippen molar-refractivity contribution in [2.75, 3.05) is 0 Å². The second-order valence-electron chi connectivity index (χ2n) is 2.60. The van der Waals surface area contributed by atoms with Crippen LogP contribution >= 0.6 is 11.6 Å². The molecule has 0 saturated heterocycles. The summed E-state index contributed by atoms with van der Waals surface area (Å²) in [5.74, 6) is 0.785. The molecule has 0 radical (unpaired) electrons. The zero-order valence-electron chi connectivity index (χ0n) is 8.38. The van der Waals surface area contributed by atoms with Gasteiger partial charge in [-0.15, -0.1) is 0 Å². The van der Waals surface area contributed by atoms with Crippen LogP contribution in [0.15, 0.2) is 28.7 Å². The van der Waals surface area contributed by atoms with Crippen LogP contribution in [0.5, 0.6) is 0 Å². The van der Waals surface area contributed by atoms with Crippen molar-refractivity contribution < 1.29 is 4.42 Å². The maximum absolute atomic E-state index is 5.80. The van der Waals surface area contributed by atoms with Crippen LogP contribution in [0.3, 0.4) is 0 Å². The summed E-state index contributed by atoms with van der Waals surface area (Å²) in [6.07, 6.45) is 0. The second kappa shape index (κ2) is 5.03. The monoisotopic (exact) mass is 211 g/mol. The first-order valence-corrected chi connectivity index (χ1v) is 5.05. The van der Waals surface area contributed by atoms with E-state index < -0.39 is 0 Å². The van der Waals surface area contributed by atoms with Crippen molar-refractivity contribution in [3.63, 3.8) is 0 Å². The first-order valence-electron chi connectivity index (χ1n) is 4.67. The lowest BCUT2D eigenvalue weighted by Crippen LogP contribution is -1.92. The third kappa shape index (κ3) is 2.28. The van der Waals surface area contributed by atoms with E-state index in [1.54, 1.807) is 6.07 Å². The molecule has 1 aromatic carbocycles. The van der Waals surface area contributed by atoms with Gasteiger partial charge >= 0.3 is 0 Å². The number of benzene rings is 1. The first kappa shape index (κ1) is 11.1. The normalized spacial score (nSPS) is 9.71. The van der Waals surface area contributed by atoms with Crippen LogP contribution in [0, 0.1) is 0 Å². The number of hydrogen-bond acceptors (Lipinski definition) is 2. The summed E-state index contributed by atoms with van der Waals surface area (Å²) in [4.78, 5) is 0. The van der Waals surface area contributed by atoms with Crippen molar-refractivity contribution in [2.45, 2.75) is 20.4 Å². The summed E-state index contributed by atoms with van der Waals surface area (Å²) in [6.45, 7) is 4.42. The van der Waals surface area contributed by atoms with Gasteiger partial charge in [0.05, 0.1) is 6.54 Å². The van der Waals surface area contributed by atoms with Gasteiger partial charge in [-0.1, -0.05) is 25.4 Å². The summed E-state index contributed by atoms with van der Waals surface area (Å²) in [5, 5.41) is 1.72. The minimum atomic E-state index is 0.423. The van der Waals surface area contributed by atoms with Gasteiger partial charge in [-0.25, -0.2) is 0 Å². The molecule has 0 atom stereocenters. The van der Waals surface area contributed by atoms with Gasteiger partial charge in [0.1, 0.15) is 11.3 Å². The van der Waals surface area contributed by atoms with E-state index in [-0.39, 0.29) is 0 Å². The Hall–Kier alpha value is -0.990. The lowest BCUT2D eigenvalue weighted by molar-refractivity contribution is 0.552. The number of furan rings is 1. The van der Waals surface area contributed by atoms with Crippen molar-refractivity contribution in [2.24, 2.45) is 5.73 Å². The minimum absolute atomic E-state index is 0.423. The lowest BCUT2D eigenvalue weighted by Gasteiger charge is -1.87. The van der Waals surface area contributed by atoms with Crippen molar-refractivity contribution >= 4 is 22.6 Å². The Balaban J connectivity index is 0.000000461. The first-order chi connectivity index (χ1) is 6.79. The van der Waals surface area contributed by atoms with E-state index in [4.69, 9.17) is 21.8 Å². The molecule has 2 nitrogen and oxygen atoms in total. The molecular weight excluding hydrogens is 198 g/mol. The molecule has 1 heterocycles. The molecule has 2 rings (SSSR count). The summed E-state index contributed by atoms with van der Waals surface area (Å²) in [7, 11) is 0. The van der Waals surface area contributed by atoms with Gasteiger partial charge in [-0.05, 0) is 24.3 Å². The third-order valence-corrected chi connectivity index (χ3v) is 1.97. The number of rotatable bonds is 1. The van der Waals surface area contributed by atoms with Crippen LogP contribution in [0.25, 0.3) is 11.0 Å². The SMILES string of the molecule is CC.NCc1cc2cc(Cl)ccc2o1. The topological polar surface area (TPSA) is 39.2 Å². The molecule has 14 heavy (non-hydrogen) atoms. The smallest absolute Gasteiger partial charge is 0.134 e. The van der Waals surface area contributed by atoms with E-state index in [2.05, 4.69) is 0 Å².